The number of thioether (sulfide) groups is 1. The van der Waals surface area contributed by atoms with Crippen molar-refractivity contribution >= 4 is 27.7 Å². The van der Waals surface area contributed by atoms with Gasteiger partial charge < -0.3 is 5.32 Å². The number of nitrogens with one attached hydrogen (secondary N) is 1. The molecule has 1 unspecified atom stereocenters. The van der Waals surface area contributed by atoms with Crippen LogP contribution in [0.25, 0.3) is 0 Å². The lowest BCUT2D eigenvalue weighted by Crippen LogP contribution is -2.17. The summed E-state index contributed by atoms with van der Waals surface area (Å²) in [7, 11) is 2.00. The lowest BCUT2D eigenvalue weighted by molar-refractivity contribution is 0.691. The van der Waals surface area contributed by atoms with E-state index in [0.29, 0.717) is 0 Å². The molecule has 1 N–H and O–H groups in total. The summed E-state index contributed by atoms with van der Waals surface area (Å²) < 4.78 is 1.11. The molecule has 2 aromatic rings. The van der Waals surface area contributed by atoms with Crippen LogP contribution in [0.15, 0.2) is 57.9 Å². The highest BCUT2D eigenvalue weighted by atomic mass is 79.9. The molecule has 0 aromatic heterocycles. The van der Waals surface area contributed by atoms with Gasteiger partial charge in [0.15, 0.2) is 0 Å². The summed E-state index contributed by atoms with van der Waals surface area (Å²) in [5.41, 5.74) is 2.57. The second-order valence-corrected chi connectivity index (χ2v) is 5.84. The summed E-state index contributed by atoms with van der Waals surface area (Å²) in [5, 5.41) is 3.37. The van der Waals surface area contributed by atoms with Crippen molar-refractivity contribution in [1.82, 2.24) is 5.32 Å². The number of hydrogen-bond donors (Lipinski definition) is 1. The van der Waals surface area contributed by atoms with Crippen molar-refractivity contribution in [3.8, 4) is 0 Å². The zero-order valence-electron chi connectivity index (χ0n) is 10.5. The number of benzene rings is 2. The van der Waals surface area contributed by atoms with Crippen molar-refractivity contribution in [2.75, 3.05) is 13.3 Å². The monoisotopic (exact) mass is 321 g/mol. The third-order valence-electron chi connectivity index (χ3n) is 2.94. The molecule has 94 valence electrons. The molecule has 2 rings (SSSR count). The van der Waals surface area contributed by atoms with E-state index in [2.05, 4.69) is 76.0 Å². The van der Waals surface area contributed by atoms with E-state index in [-0.39, 0.29) is 6.04 Å². The molecule has 0 bridgehead atoms. The molecule has 3 heteroatoms. The van der Waals surface area contributed by atoms with Gasteiger partial charge in [0.25, 0.3) is 0 Å². The van der Waals surface area contributed by atoms with Crippen molar-refractivity contribution in [3.63, 3.8) is 0 Å². The van der Waals surface area contributed by atoms with Gasteiger partial charge in [0.1, 0.15) is 0 Å². The van der Waals surface area contributed by atoms with Crippen LogP contribution in [0.2, 0.25) is 0 Å². The largest absolute Gasteiger partial charge is 0.309 e. The predicted octanol–water partition coefficient (Wildman–Crippen LogP) is 4.48. The normalized spacial score (nSPS) is 12.4. The Balaban J connectivity index is 2.29. The first-order valence-electron chi connectivity index (χ1n) is 5.81. The van der Waals surface area contributed by atoms with Gasteiger partial charge in [-0.1, -0.05) is 40.2 Å². The number of hydrogen-bond acceptors (Lipinski definition) is 2. The molecule has 1 atom stereocenters. The van der Waals surface area contributed by atoms with Crippen molar-refractivity contribution in [2.45, 2.75) is 10.9 Å². The van der Waals surface area contributed by atoms with Crippen molar-refractivity contribution < 1.29 is 0 Å². The van der Waals surface area contributed by atoms with Crippen LogP contribution in [0.4, 0.5) is 0 Å². The summed E-state index contributed by atoms with van der Waals surface area (Å²) in [5.74, 6) is 0. The average molecular weight is 322 g/mol. The third-order valence-corrected chi connectivity index (χ3v) is 4.21. The van der Waals surface area contributed by atoms with Gasteiger partial charge in [-0.15, -0.1) is 11.8 Å². The second kappa shape index (κ2) is 6.41. The van der Waals surface area contributed by atoms with E-state index >= 15 is 0 Å². The first kappa shape index (κ1) is 13.7. The standard InChI is InChI=1S/C15H16BrNS/c1-17-15(11-3-7-13(16)8-4-11)12-5-9-14(18-2)10-6-12/h3-10,15,17H,1-2H3. The minimum atomic E-state index is 0.244. The van der Waals surface area contributed by atoms with Gasteiger partial charge in [-0.2, -0.15) is 0 Å². The van der Waals surface area contributed by atoms with E-state index in [1.165, 1.54) is 16.0 Å². The van der Waals surface area contributed by atoms with E-state index in [0.717, 1.165) is 4.47 Å². The van der Waals surface area contributed by atoms with Crippen LogP contribution in [0.1, 0.15) is 17.2 Å². The van der Waals surface area contributed by atoms with Crippen LogP contribution < -0.4 is 5.32 Å². The fourth-order valence-corrected chi connectivity index (χ4v) is 2.65. The minimum Gasteiger partial charge on any atom is -0.309 e. The van der Waals surface area contributed by atoms with E-state index in [1.807, 2.05) is 7.05 Å². The number of halogens is 1. The predicted molar refractivity (Wildman–Crippen MR) is 83.3 cm³/mol. The highest BCUT2D eigenvalue weighted by Gasteiger charge is 2.11. The zero-order chi connectivity index (χ0) is 13.0. The molecule has 0 radical (unpaired) electrons. The van der Waals surface area contributed by atoms with Gasteiger partial charge in [0.05, 0.1) is 6.04 Å². The Morgan fingerprint density at radius 1 is 0.944 bits per heavy atom. The Labute approximate surface area is 121 Å². The van der Waals surface area contributed by atoms with E-state index in [9.17, 15) is 0 Å². The molecule has 0 spiro atoms. The highest BCUT2D eigenvalue weighted by Crippen LogP contribution is 2.25. The molecule has 2 aromatic carbocycles. The molecule has 0 aliphatic carbocycles. The minimum absolute atomic E-state index is 0.244. The Morgan fingerprint density at radius 3 is 1.89 bits per heavy atom. The summed E-state index contributed by atoms with van der Waals surface area (Å²) in [6, 6.07) is 17.4. The fourth-order valence-electron chi connectivity index (χ4n) is 1.98. The quantitative estimate of drug-likeness (QED) is 0.833. The molecule has 0 saturated carbocycles. The maximum Gasteiger partial charge on any atom is 0.0574 e. The molecular weight excluding hydrogens is 306 g/mol. The van der Waals surface area contributed by atoms with Gasteiger partial charge in [0, 0.05) is 9.37 Å². The molecule has 0 saturated heterocycles. The van der Waals surface area contributed by atoms with E-state index < -0.39 is 0 Å². The first-order chi connectivity index (χ1) is 8.74. The Kier molecular flexibility index (Phi) is 4.87. The molecule has 0 heterocycles. The summed E-state index contributed by atoms with van der Waals surface area (Å²) >= 11 is 5.24. The van der Waals surface area contributed by atoms with Crippen LogP contribution in [0.5, 0.6) is 0 Å². The van der Waals surface area contributed by atoms with Crippen LogP contribution in [0, 0.1) is 0 Å². The SMILES string of the molecule is CNC(c1ccc(Br)cc1)c1ccc(SC)cc1. The summed E-state index contributed by atoms with van der Waals surface area (Å²) in [6.45, 7) is 0. The molecule has 0 aliphatic heterocycles. The smallest absolute Gasteiger partial charge is 0.0574 e. The second-order valence-electron chi connectivity index (χ2n) is 4.05. The maximum absolute atomic E-state index is 3.47. The van der Waals surface area contributed by atoms with Crippen LogP contribution in [-0.2, 0) is 0 Å². The summed E-state index contributed by atoms with van der Waals surface area (Å²) in [6.07, 6.45) is 2.10. The van der Waals surface area contributed by atoms with Gasteiger partial charge in [0.2, 0.25) is 0 Å². The lowest BCUT2D eigenvalue weighted by atomic mass is 9.99. The van der Waals surface area contributed by atoms with Crippen molar-refractivity contribution in [1.29, 1.82) is 0 Å². The fraction of sp³-hybridized carbons (Fsp3) is 0.200. The van der Waals surface area contributed by atoms with E-state index in [4.69, 9.17) is 0 Å². The van der Waals surface area contributed by atoms with Crippen LogP contribution in [0.3, 0.4) is 0 Å². The topological polar surface area (TPSA) is 12.0 Å². The van der Waals surface area contributed by atoms with Gasteiger partial charge >= 0.3 is 0 Å². The van der Waals surface area contributed by atoms with Gasteiger partial charge in [-0.05, 0) is 48.7 Å². The lowest BCUT2D eigenvalue weighted by Gasteiger charge is -2.17. The van der Waals surface area contributed by atoms with Gasteiger partial charge in [-0.3, -0.25) is 0 Å². The summed E-state index contributed by atoms with van der Waals surface area (Å²) in [4.78, 5) is 1.30. The third kappa shape index (κ3) is 3.16. The molecule has 18 heavy (non-hydrogen) atoms. The van der Waals surface area contributed by atoms with E-state index in [1.54, 1.807) is 11.8 Å². The Hall–Kier alpha value is -0.770. The first-order valence-corrected chi connectivity index (χ1v) is 7.83. The maximum atomic E-state index is 3.47. The van der Waals surface area contributed by atoms with Crippen molar-refractivity contribution in [3.05, 3.63) is 64.1 Å². The van der Waals surface area contributed by atoms with Crippen LogP contribution in [-0.4, -0.2) is 13.3 Å². The number of rotatable bonds is 4. The van der Waals surface area contributed by atoms with Crippen molar-refractivity contribution in [2.24, 2.45) is 0 Å². The molecular formula is C15H16BrNS. The van der Waals surface area contributed by atoms with Crippen LogP contribution >= 0.6 is 27.7 Å². The zero-order valence-corrected chi connectivity index (χ0v) is 12.9. The average Bonchev–Trinajstić information content (AvgIpc) is 2.42. The highest BCUT2D eigenvalue weighted by molar-refractivity contribution is 9.10. The Morgan fingerprint density at radius 2 is 1.44 bits per heavy atom. The molecule has 0 amide bonds. The van der Waals surface area contributed by atoms with Gasteiger partial charge in [-0.25, -0.2) is 0 Å². The Bertz CT molecular complexity index is 493. The molecule has 1 nitrogen and oxygen atoms in total. The molecule has 0 aliphatic rings. The molecule has 0 fully saturated rings.